The van der Waals surface area contributed by atoms with Crippen LogP contribution < -0.4 is 5.73 Å². The van der Waals surface area contributed by atoms with E-state index in [4.69, 9.17) is 5.73 Å². The molecular formula is C15H32N2O. The molecule has 0 atom stereocenters. The van der Waals surface area contributed by atoms with Crippen LogP contribution in [0.2, 0.25) is 0 Å². The molecule has 0 unspecified atom stereocenters. The van der Waals surface area contributed by atoms with E-state index >= 15 is 0 Å². The minimum absolute atomic E-state index is 0.289. The normalized spacial score (nSPS) is 11.6. The van der Waals surface area contributed by atoms with E-state index in [1.807, 2.05) is 4.90 Å². The second kappa shape index (κ2) is 9.37. The summed E-state index contributed by atoms with van der Waals surface area (Å²) in [5.41, 5.74) is 5.65. The molecule has 0 fully saturated rings. The first-order valence-corrected chi connectivity index (χ1v) is 7.61. The zero-order valence-electron chi connectivity index (χ0n) is 12.8. The number of nitrogens with zero attached hydrogens (tertiary/aromatic N) is 1. The molecule has 2 N–H and O–H groups in total. The van der Waals surface area contributed by atoms with Crippen LogP contribution in [0.4, 0.5) is 0 Å². The minimum Gasteiger partial charge on any atom is -0.342 e. The van der Waals surface area contributed by atoms with Crippen LogP contribution in [0.15, 0.2) is 0 Å². The number of hydrogen-bond acceptors (Lipinski definition) is 2. The van der Waals surface area contributed by atoms with Gasteiger partial charge in [-0.15, -0.1) is 0 Å². The van der Waals surface area contributed by atoms with Gasteiger partial charge < -0.3 is 10.6 Å². The van der Waals surface area contributed by atoms with Gasteiger partial charge in [0.1, 0.15) is 0 Å². The van der Waals surface area contributed by atoms with Crippen LogP contribution in [0.25, 0.3) is 0 Å². The zero-order valence-corrected chi connectivity index (χ0v) is 12.8. The molecule has 0 aliphatic heterocycles. The molecule has 3 heteroatoms. The van der Waals surface area contributed by atoms with Gasteiger partial charge in [0.05, 0.1) is 5.41 Å². The molecule has 0 heterocycles. The van der Waals surface area contributed by atoms with Crippen LogP contribution in [0.3, 0.4) is 0 Å². The van der Waals surface area contributed by atoms with Gasteiger partial charge in [-0.25, -0.2) is 0 Å². The molecule has 0 aromatic rings. The fraction of sp³-hybridized carbons (Fsp3) is 0.933. The van der Waals surface area contributed by atoms with Crippen LogP contribution in [0, 0.1) is 5.41 Å². The highest BCUT2D eigenvalue weighted by Crippen LogP contribution is 2.31. The van der Waals surface area contributed by atoms with Gasteiger partial charge in [-0.05, 0) is 25.7 Å². The van der Waals surface area contributed by atoms with Crippen molar-refractivity contribution >= 4 is 5.91 Å². The van der Waals surface area contributed by atoms with E-state index in [0.29, 0.717) is 6.54 Å². The topological polar surface area (TPSA) is 46.3 Å². The summed E-state index contributed by atoms with van der Waals surface area (Å²) >= 11 is 0. The van der Waals surface area contributed by atoms with Crippen molar-refractivity contribution in [1.29, 1.82) is 0 Å². The molecule has 0 aromatic heterocycles. The van der Waals surface area contributed by atoms with Gasteiger partial charge in [0.15, 0.2) is 0 Å². The van der Waals surface area contributed by atoms with Gasteiger partial charge >= 0.3 is 0 Å². The SMILES string of the molecule is CCCN(CCC)C(=O)C(CN)(CCC)CCC. The predicted octanol–water partition coefficient (Wildman–Crippen LogP) is 3.18. The lowest BCUT2D eigenvalue weighted by Gasteiger charge is -2.36. The Morgan fingerprint density at radius 2 is 1.39 bits per heavy atom. The summed E-state index contributed by atoms with van der Waals surface area (Å²) in [6, 6.07) is 0. The number of hydrogen-bond donors (Lipinski definition) is 1. The van der Waals surface area contributed by atoms with Crippen molar-refractivity contribution in [1.82, 2.24) is 4.90 Å². The Kier molecular flexibility index (Phi) is 9.08. The fourth-order valence-corrected chi connectivity index (χ4v) is 2.78. The summed E-state index contributed by atoms with van der Waals surface area (Å²) in [5.74, 6) is 0.289. The number of nitrogens with two attached hydrogens (primary N) is 1. The summed E-state index contributed by atoms with van der Waals surface area (Å²) in [6.45, 7) is 10.7. The van der Waals surface area contributed by atoms with Gasteiger partial charge in [0, 0.05) is 19.6 Å². The van der Waals surface area contributed by atoms with Gasteiger partial charge in [-0.3, -0.25) is 4.79 Å². The smallest absolute Gasteiger partial charge is 0.230 e. The van der Waals surface area contributed by atoms with Crippen LogP contribution in [-0.2, 0) is 4.79 Å². The molecule has 0 aromatic carbocycles. The van der Waals surface area contributed by atoms with Gasteiger partial charge in [0.2, 0.25) is 5.91 Å². The average Bonchev–Trinajstić information content (AvgIpc) is 2.37. The first-order chi connectivity index (χ1) is 8.61. The second-order valence-electron chi connectivity index (χ2n) is 5.28. The Balaban J connectivity index is 4.98. The predicted molar refractivity (Wildman–Crippen MR) is 78.5 cm³/mol. The molecule has 1 amide bonds. The Morgan fingerprint density at radius 3 is 1.67 bits per heavy atom. The summed E-state index contributed by atoms with van der Waals surface area (Å²) in [5, 5.41) is 0. The Morgan fingerprint density at radius 1 is 0.944 bits per heavy atom. The van der Waals surface area contributed by atoms with Gasteiger partial charge in [-0.1, -0.05) is 40.5 Å². The maximum Gasteiger partial charge on any atom is 0.230 e. The monoisotopic (exact) mass is 256 g/mol. The number of carbonyl (C=O) groups excluding carboxylic acids is 1. The van der Waals surface area contributed by atoms with E-state index in [1.165, 1.54) is 0 Å². The molecule has 3 nitrogen and oxygen atoms in total. The van der Waals surface area contributed by atoms with Crippen molar-refractivity contribution in [2.24, 2.45) is 11.1 Å². The first-order valence-electron chi connectivity index (χ1n) is 7.61. The van der Waals surface area contributed by atoms with Gasteiger partial charge in [0.25, 0.3) is 0 Å². The second-order valence-corrected chi connectivity index (χ2v) is 5.28. The van der Waals surface area contributed by atoms with E-state index in [2.05, 4.69) is 27.7 Å². The number of carbonyl (C=O) groups is 1. The third-order valence-corrected chi connectivity index (χ3v) is 3.58. The molecular weight excluding hydrogens is 224 g/mol. The van der Waals surface area contributed by atoms with Crippen LogP contribution in [0.1, 0.15) is 66.2 Å². The van der Waals surface area contributed by atoms with E-state index in [-0.39, 0.29) is 11.3 Å². The lowest BCUT2D eigenvalue weighted by molar-refractivity contribution is -0.142. The Hall–Kier alpha value is -0.570. The first kappa shape index (κ1) is 17.4. The Labute approximate surface area is 113 Å². The quantitative estimate of drug-likeness (QED) is 0.652. The van der Waals surface area contributed by atoms with Crippen LogP contribution in [0.5, 0.6) is 0 Å². The largest absolute Gasteiger partial charge is 0.342 e. The molecule has 0 aliphatic rings. The van der Waals surface area contributed by atoms with Crippen molar-refractivity contribution in [2.75, 3.05) is 19.6 Å². The average molecular weight is 256 g/mol. The van der Waals surface area contributed by atoms with Crippen molar-refractivity contribution in [2.45, 2.75) is 66.2 Å². The highest BCUT2D eigenvalue weighted by atomic mass is 16.2. The fourth-order valence-electron chi connectivity index (χ4n) is 2.78. The molecule has 0 spiro atoms. The van der Waals surface area contributed by atoms with Crippen LogP contribution >= 0.6 is 0 Å². The third-order valence-electron chi connectivity index (χ3n) is 3.58. The molecule has 108 valence electrons. The highest BCUT2D eigenvalue weighted by Gasteiger charge is 2.37. The molecule has 0 radical (unpaired) electrons. The van der Waals surface area contributed by atoms with E-state index in [0.717, 1.165) is 51.6 Å². The van der Waals surface area contributed by atoms with Crippen LogP contribution in [-0.4, -0.2) is 30.4 Å². The van der Waals surface area contributed by atoms with Gasteiger partial charge in [-0.2, -0.15) is 0 Å². The van der Waals surface area contributed by atoms with Crippen molar-refractivity contribution in [3.8, 4) is 0 Å². The minimum atomic E-state index is -0.312. The molecule has 0 aliphatic carbocycles. The summed E-state index contributed by atoms with van der Waals surface area (Å²) in [7, 11) is 0. The third kappa shape index (κ3) is 4.60. The Bertz CT molecular complexity index is 217. The maximum absolute atomic E-state index is 12.8. The standard InChI is InChI=1S/C15H32N2O/c1-5-9-15(13-16,10-6-2)14(18)17(11-7-3)12-8-4/h5-13,16H2,1-4H3. The van der Waals surface area contributed by atoms with Crippen molar-refractivity contribution < 1.29 is 4.79 Å². The lowest BCUT2D eigenvalue weighted by Crippen LogP contribution is -2.48. The molecule has 0 bridgehead atoms. The van der Waals surface area contributed by atoms with Crippen molar-refractivity contribution in [3.05, 3.63) is 0 Å². The summed E-state index contributed by atoms with van der Waals surface area (Å²) < 4.78 is 0. The molecule has 18 heavy (non-hydrogen) atoms. The molecule has 0 rings (SSSR count). The van der Waals surface area contributed by atoms with Crippen molar-refractivity contribution in [3.63, 3.8) is 0 Å². The number of rotatable bonds is 10. The molecule has 0 saturated carbocycles. The lowest BCUT2D eigenvalue weighted by atomic mass is 9.77. The van der Waals surface area contributed by atoms with E-state index in [9.17, 15) is 4.79 Å². The summed E-state index contributed by atoms with van der Waals surface area (Å²) in [6.07, 6.45) is 5.92. The van der Waals surface area contributed by atoms with E-state index in [1.54, 1.807) is 0 Å². The molecule has 0 saturated heterocycles. The summed E-state index contributed by atoms with van der Waals surface area (Å²) in [4.78, 5) is 14.8. The van der Waals surface area contributed by atoms with E-state index < -0.39 is 0 Å². The highest BCUT2D eigenvalue weighted by molar-refractivity contribution is 5.83. The maximum atomic E-state index is 12.8. The number of amides is 1. The zero-order chi connectivity index (χ0) is 14.0.